The Morgan fingerprint density at radius 1 is 0.783 bits per heavy atom. The fraction of sp³-hybridized carbons (Fsp3) is 0.478. The lowest BCUT2D eigenvalue weighted by molar-refractivity contribution is 0.515. The van der Waals surface area contributed by atoms with E-state index in [-0.39, 0.29) is 0 Å². The van der Waals surface area contributed by atoms with Crippen LogP contribution < -0.4 is 0 Å². The van der Waals surface area contributed by atoms with Gasteiger partial charge in [0.15, 0.2) is 0 Å². The summed E-state index contributed by atoms with van der Waals surface area (Å²) < 4.78 is 0. The average Bonchev–Trinajstić information content (AvgIpc) is 2.93. The molecule has 0 atom stereocenters. The Labute approximate surface area is 141 Å². The second-order valence-electron chi connectivity index (χ2n) is 7.48. The lowest BCUT2D eigenvalue weighted by Crippen LogP contribution is -1.94. The largest absolute Gasteiger partial charge is 0.0628 e. The van der Waals surface area contributed by atoms with Crippen molar-refractivity contribution in [2.24, 2.45) is 5.92 Å². The molecule has 0 heterocycles. The SMILES string of the molecule is CC(C)CCCCCCCc1cccc2c1Cc1ccccc1-2. The molecule has 0 heteroatoms. The second kappa shape index (κ2) is 7.81. The third-order valence-corrected chi connectivity index (χ3v) is 5.18. The molecule has 0 saturated carbocycles. The third kappa shape index (κ3) is 4.05. The molecular weight excluding hydrogens is 276 g/mol. The Balaban J connectivity index is 1.51. The zero-order valence-electron chi connectivity index (χ0n) is 14.8. The number of hydrogen-bond donors (Lipinski definition) is 0. The van der Waals surface area contributed by atoms with Crippen molar-refractivity contribution in [3.05, 3.63) is 59.2 Å². The van der Waals surface area contributed by atoms with Gasteiger partial charge in [0.05, 0.1) is 0 Å². The van der Waals surface area contributed by atoms with Crippen LogP contribution in [0.15, 0.2) is 42.5 Å². The molecule has 2 aromatic rings. The van der Waals surface area contributed by atoms with E-state index in [9.17, 15) is 0 Å². The van der Waals surface area contributed by atoms with Crippen LogP contribution in [0.5, 0.6) is 0 Å². The molecule has 23 heavy (non-hydrogen) atoms. The van der Waals surface area contributed by atoms with E-state index in [0.29, 0.717) is 0 Å². The van der Waals surface area contributed by atoms with Gasteiger partial charge in [-0.05, 0) is 53.0 Å². The van der Waals surface area contributed by atoms with Crippen molar-refractivity contribution in [1.82, 2.24) is 0 Å². The van der Waals surface area contributed by atoms with Crippen molar-refractivity contribution in [2.75, 3.05) is 0 Å². The Morgan fingerprint density at radius 2 is 1.52 bits per heavy atom. The molecule has 122 valence electrons. The topological polar surface area (TPSA) is 0 Å². The standard InChI is InChI=1S/C23H30/c1-18(2)11-6-4-3-5-7-12-19-14-10-16-22-21-15-9-8-13-20(21)17-23(19)22/h8-10,13-16,18H,3-7,11-12,17H2,1-2H3. The molecule has 3 rings (SSSR count). The monoisotopic (exact) mass is 306 g/mol. The minimum atomic E-state index is 0.864. The van der Waals surface area contributed by atoms with E-state index < -0.39 is 0 Å². The highest BCUT2D eigenvalue weighted by atomic mass is 14.2. The summed E-state index contributed by atoms with van der Waals surface area (Å²) in [6, 6.07) is 15.8. The number of fused-ring (bicyclic) bond motifs is 3. The Kier molecular flexibility index (Phi) is 5.54. The molecule has 0 bridgehead atoms. The van der Waals surface area contributed by atoms with Gasteiger partial charge in [-0.15, -0.1) is 0 Å². The van der Waals surface area contributed by atoms with Gasteiger partial charge in [-0.25, -0.2) is 0 Å². The van der Waals surface area contributed by atoms with Gasteiger partial charge in [-0.3, -0.25) is 0 Å². The summed E-state index contributed by atoms with van der Waals surface area (Å²) in [5.74, 6) is 0.864. The molecule has 0 nitrogen and oxygen atoms in total. The van der Waals surface area contributed by atoms with Gasteiger partial charge < -0.3 is 0 Å². The minimum absolute atomic E-state index is 0.864. The van der Waals surface area contributed by atoms with Crippen molar-refractivity contribution in [3.8, 4) is 11.1 Å². The van der Waals surface area contributed by atoms with Crippen LogP contribution in [0.2, 0.25) is 0 Å². The molecule has 0 saturated heterocycles. The van der Waals surface area contributed by atoms with Crippen molar-refractivity contribution in [1.29, 1.82) is 0 Å². The first kappa shape index (κ1) is 16.3. The predicted molar refractivity (Wildman–Crippen MR) is 101 cm³/mol. The van der Waals surface area contributed by atoms with E-state index in [1.54, 1.807) is 11.1 Å². The minimum Gasteiger partial charge on any atom is -0.0628 e. The summed E-state index contributed by atoms with van der Waals surface area (Å²) in [6.45, 7) is 4.65. The van der Waals surface area contributed by atoms with E-state index in [0.717, 1.165) is 12.3 Å². The summed E-state index contributed by atoms with van der Waals surface area (Å²) in [4.78, 5) is 0. The summed E-state index contributed by atoms with van der Waals surface area (Å²) in [6.07, 6.45) is 10.7. The number of aryl methyl sites for hydroxylation is 1. The first-order chi connectivity index (χ1) is 11.3. The van der Waals surface area contributed by atoms with Gasteiger partial charge in [0.1, 0.15) is 0 Å². The van der Waals surface area contributed by atoms with Crippen LogP contribution in [0.25, 0.3) is 11.1 Å². The normalized spacial score (nSPS) is 12.5. The lowest BCUT2D eigenvalue weighted by Gasteiger charge is -2.09. The Morgan fingerprint density at radius 3 is 2.39 bits per heavy atom. The second-order valence-corrected chi connectivity index (χ2v) is 7.48. The van der Waals surface area contributed by atoms with Crippen LogP contribution in [0.4, 0.5) is 0 Å². The first-order valence-corrected chi connectivity index (χ1v) is 9.44. The summed E-state index contributed by atoms with van der Waals surface area (Å²) in [7, 11) is 0. The lowest BCUT2D eigenvalue weighted by atomic mass is 9.96. The van der Waals surface area contributed by atoms with Gasteiger partial charge in [-0.1, -0.05) is 88.4 Å². The van der Waals surface area contributed by atoms with E-state index in [1.807, 2.05) is 0 Å². The highest BCUT2D eigenvalue weighted by Gasteiger charge is 2.19. The molecule has 0 N–H and O–H groups in total. The molecule has 1 aliphatic carbocycles. The maximum Gasteiger partial charge on any atom is -0.00107 e. The van der Waals surface area contributed by atoms with Gasteiger partial charge in [0.2, 0.25) is 0 Å². The molecule has 1 aliphatic rings. The van der Waals surface area contributed by atoms with E-state index in [2.05, 4.69) is 56.3 Å². The van der Waals surface area contributed by atoms with Crippen LogP contribution in [0.3, 0.4) is 0 Å². The molecule has 0 unspecified atom stereocenters. The van der Waals surface area contributed by atoms with Crippen LogP contribution in [0.1, 0.15) is 69.1 Å². The predicted octanol–water partition coefficient (Wildman–Crippen LogP) is 6.80. The maximum absolute atomic E-state index is 2.35. The zero-order valence-corrected chi connectivity index (χ0v) is 14.8. The fourth-order valence-corrected chi connectivity index (χ4v) is 3.86. The highest BCUT2D eigenvalue weighted by Crippen LogP contribution is 2.38. The molecule has 0 fully saturated rings. The van der Waals surface area contributed by atoms with Crippen LogP contribution in [-0.2, 0) is 12.8 Å². The average molecular weight is 306 g/mol. The van der Waals surface area contributed by atoms with E-state index in [1.165, 1.54) is 61.6 Å². The van der Waals surface area contributed by atoms with Crippen LogP contribution >= 0.6 is 0 Å². The molecule has 0 amide bonds. The molecular formula is C23H30. The Hall–Kier alpha value is -1.56. The summed E-state index contributed by atoms with van der Waals surface area (Å²) in [5.41, 5.74) is 7.62. The summed E-state index contributed by atoms with van der Waals surface area (Å²) >= 11 is 0. The van der Waals surface area contributed by atoms with Crippen molar-refractivity contribution < 1.29 is 0 Å². The smallest absolute Gasteiger partial charge is 0.00107 e. The highest BCUT2D eigenvalue weighted by molar-refractivity contribution is 5.77. The quantitative estimate of drug-likeness (QED) is 0.402. The van der Waals surface area contributed by atoms with Gasteiger partial charge in [0, 0.05) is 0 Å². The molecule has 0 aromatic heterocycles. The van der Waals surface area contributed by atoms with Crippen molar-refractivity contribution in [3.63, 3.8) is 0 Å². The van der Waals surface area contributed by atoms with Crippen molar-refractivity contribution in [2.45, 2.75) is 65.2 Å². The zero-order chi connectivity index (χ0) is 16.1. The number of benzene rings is 2. The number of rotatable bonds is 8. The molecule has 2 aromatic carbocycles. The van der Waals surface area contributed by atoms with Gasteiger partial charge in [-0.2, -0.15) is 0 Å². The number of hydrogen-bond acceptors (Lipinski definition) is 0. The summed E-state index contributed by atoms with van der Waals surface area (Å²) in [5, 5.41) is 0. The fourth-order valence-electron chi connectivity index (χ4n) is 3.86. The van der Waals surface area contributed by atoms with Crippen LogP contribution in [-0.4, -0.2) is 0 Å². The first-order valence-electron chi connectivity index (χ1n) is 9.44. The third-order valence-electron chi connectivity index (χ3n) is 5.18. The Bertz CT molecular complexity index is 636. The van der Waals surface area contributed by atoms with Gasteiger partial charge in [0.25, 0.3) is 0 Å². The maximum atomic E-state index is 2.35. The molecule has 0 aliphatic heterocycles. The van der Waals surface area contributed by atoms with E-state index >= 15 is 0 Å². The molecule has 0 spiro atoms. The molecule has 0 radical (unpaired) electrons. The van der Waals surface area contributed by atoms with E-state index in [4.69, 9.17) is 0 Å². The van der Waals surface area contributed by atoms with Crippen LogP contribution in [0, 0.1) is 5.92 Å². The van der Waals surface area contributed by atoms with Gasteiger partial charge >= 0.3 is 0 Å². The number of unbranched alkanes of at least 4 members (excludes halogenated alkanes) is 4. The van der Waals surface area contributed by atoms with Crippen molar-refractivity contribution >= 4 is 0 Å².